The van der Waals surface area contributed by atoms with Crippen LogP contribution in [0.2, 0.25) is 5.02 Å². The third-order valence-corrected chi connectivity index (χ3v) is 9.70. The van der Waals surface area contributed by atoms with Gasteiger partial charge in [0.1, 0.15) is 18.5 Å². The fourth-order valence-electron chi connectivity index (χ4n) is 5.93. The van der Waals surface area contributed by atoms with E-state index in [-0.39, 0.29) is 61.9 Å². The standard InChI is InChI=1S/C39H48ClNO8/c1-23(2)20-33-37(45)47-32(25(4)35-36(49-35)28-14-12-26(13-15-28)17-19-42)8-7-9-34(44)41-30(22-27-11-10-24(3)29(40)21-27)31(43)16-18-39(5,6)38(46)48-33/h7,9-15,19,21,23,25,30,32-33,35-36H,8,16-18,20,22H2,1-6H3,(H,41,44)/b9-7+. The number of Topliss-reactive ketones (excluding diaryl/α,β-unsaturated/α-hetero) is 1. The Hall–Kier alpha value is -3.82. The summed E-state index contributed by atoms with van der Waals surface area (Å²) in [5.41, 5.74) is 2.45. The minimum absolute atomic E-state index is 0.0115. The minimum Gasteiger partial charge on any atom is -0.459 e. The van der Waals surface area contributed by atoms with Crippen LogP contribution in [-0.4, -0.2) is 54.3 Å². The van der Waals surface area contributed by atoms with E-state index in [1.54, 1.807) is 26.0 Å². The zero-order chi connectivity index (χ0) is 35.9. The van der Waals surface area contributed by atoms with E-state index in [1.807, 2.05) is 64.1 Å². The largest absolute Gasteiger partial charge is 0.459 e. The summed E-state index contributed by atoms with van der Waals surface area (Å²) in [6, 6.07) is 12.3. The van der Waals surface area contributed by atoms with Gasteiger partial charge in [-0.3, -0.25) is 14.4 Å². The van der Waals surface area contributed by atoms with Crippen molar-refractivity contribution in [2.45, 2.75) is 111 Å². The van der Waals surface area contributed by atoms with E-state index in [2.05, 4.69) is 5.32 Å². The Kier molecular flexibility index (Phi) is 13.0. The lowest BCUT2D eigenvalue weighted by Crippen LogP contribution is -2.43. The number of ether oxygens (including phenoxy) is 3. The topological polar surface area (TPSA) is 128 Å². The van der Waals surface area contributed by atoms with Gasteiger partial charge in [-0.25, -0.2) is 4.79 Å². The maximum atomic E-state index is 13.6. The molecule has 1 saturated heterocycles. The normalized spacial score (nSPS) is 26.3. The van der Waals surface area contributed by atoms with Crippen LogP contribution >= 0.6 is 11.6 Å². The quantitative estimate of drug-likeness (QED) is 0.182. The number of carbonyl (C=O) groups excluding carboxylic acids is 5. The number of hydrogen-bond acceptors (Lipinski definition) is 8. The number of ketones is 1. The second kappa shape index (κ2) is 16.7. The van der Waals surface area contributed by atoms with Crippen molar-refractivity contribution in [1.29, 1.82) is 0 Å². The number of amides is 1. The molecule has 1 fully saturated rings. The van der Waals surface area contributed by atoms with E-state index in [0.717, 1.165) is 28.5 Å². The summed E-state index contributed by atoms with van der Waals surface area (Å²) in [6.45, 7) is 11.0. The number of carbonyl (C=O) groups is 5. The SMILES string of the molecule is Cc1ccc(CC2NC(=O)/C=C/CC(C(C)C3OC3c3ccc(CC=O)cc3)OC(=O)C(CC(C)C)OC(=O)C(C)(C)CCC2=O)cc1Cl. The van der Waals surface area contributed by atoms with Crippen LogP contribution in [-0.2, 0) is 51.0 Å². The van der Waals surface area contributed by atoms with Gasteiger partial charge in [0.25, 0.3) is 0 Å². The van der Waals surface area contributed by atoms with Gasteiger partial charge in [-0.15, -0.1) is 0 Å². The van der Waals surface area contributed by atoms with Crippen molar-refractivity contribution in [3.63, 3.8) is 0 Å². The molecule has 1 N–H and O–H groups in total. The molecular formula is C39H48ClNO8. The molecule has 2 heterocycles. The molecule has 2 aromatic rings. The van der Waals surface area contributed by atoms with Crippen molar-refractivity contribution >= 4 is 41.5 Å². The molecule has 0 spiro atoms. The Balaban J connectivity index is 1.60. The molecule has 2 aliphatic rings. The molecule has 2 aromatic carbocycles. The number of nitrogens with one attached hydrogen (secondary N) is 1. The van der Waals surface area contributed by atoms with Crippen molar-refractivity contribution in [3.05, 3.63) is 81.9 Å². The summed E-state index contributed by atoms with van der Waals surface area (Å²) in [5, 5.41) is 3.41. The van der Waals surface area contributed by atoms with Crippen LogP contribution in [0, 0.1) is 24.2 Å². The molecule has 9 nitrogen and oxygen atoms in total. The summed E-state index contributed by atoms with van der Waals surface area (Å²) in [4.78, 5) is 64.8. The molecular weight excluding hydrogens is 646 g/mol. The van der Waals surface area contributed by atoms with Crippen LogP contribution in [0.3, 0.4) is 0 Å². The Morgan fingerprint density at radius 1 is 1.00 bits per heavy atom. The maximum absolute atomic E-state index is 13.6. The fourth-order valence-corrected chi connectivity index (χ4v) is 6.14. The lowest BCUT2D eigenvalue weighted by Gasteiger charge is -2.29. The van der Waals surface area contributed by atoms with Gasteiger partial charge in [0.2, 0.25) is 5.91 Å². The second-order valence-corrected chi connectivity index (χ2v) is 14.7. The average molecular weight is 694 g/mol. The number of aldehydes is 1. The van der Waals surface area contributed by atoms with Gasteiger partial charge in [0.15, 0.2) is 11.9 Å². The molecule has 0 radical (unpaired) electrons. The lowest BCUT2D eigenvalue weighted by atomic mass is 9.85. The smallest absolute Gasteiger partial charge is 0.347 e. The van der Waals surface area contributed by atoms with Crippen LogP contribution in [0.5, 0.6) is 0 Å². The summed E-state index contributed by atoms with van der Waals surface area (Å²) in [7, 11) is 0. The third kappa shape index (κ3) is 10.6. The highest BCUT2D eigenvalue weighted by atomic mass is 35.5. The van der Waals surface area contributed by atoms with Crippen molar-refractivity contribution in [3.8, 4) is 0 Å². The number of esters is 2. The van der Waals surface area contributed by atoms with Crippen molar-refractivity contribution in [2.24, 2.45) is 17.3 Å². The lowest BCUT2D eigenvalue weighted by molar-refractivity contribution is -0.179. The van der Waals surface area contributed by atoms with Crippen molar-refractivity contribution in [2.75, 3.05) is 0 Å². The molecule has 0 saturated carbocycles. The fraction of sp³-hybridized carbons (Fsp3) is 0.513. The third-order valence-electron chi connectivity index (χ3n) is 9.29. The Bertz CT molecular complexity index is 1550. The van der Waals surface area contributed by atoms with E-state index < -0.39 is 41.5 Å². The Morgan fingerprint density at radius 2 is 1.69 bits per heavy atom. The van der Waals surface area contributed by atoms with E-state index in [4.69, 9.17) is 25.8 Å². The van der Waals surface area contributed by atoms with Gasteiger partial charge < -0.3 is 24.3 Å². The molecule has 0 aromatic heterocycles. The van der Waals surface area contributed by atoms with E-state index >= 15 is 0 Å². The average Bonchev–Trinajstić information content (AvgIpc) is 3.85. The summed E-state index contributed by atoms with van der Waals surface area (Å²) in [6.07, 6.45) is 2.67. The number of cyclic esters (lactones) is 2. The summed E-state index contributed by atoms with van der Waals surface area (Å²) >= 11 is 6.35. The summed E-state index contributed by atoms with van der Waals surface area (Å²) < 4.78 is 18.0. The van der Waals surface area contributed by atoms with Gasteiger partial charge in [-0.1, -0.05) is 74.8 Å². The van der Waals surface area contributed by atoms with Crippen LogP contribution in [0.25, 0.3) is 0 Å². The van der Waals surface area contributed by atoms with Gasteiger partial charge in [-0.05, 0) is 80.3 Å². The minimum atomic E-state index is -1.14. The van der Waals surface area contributed by atoms with Gasteiger partial charge in [0.05, 0.1) is 17.6 Å². The number of halogens is 1. The highest BCUT2D eigenvalue weighted by molar-refractivity contribution is 6.31. The number of epoxide rings is 1. The molecule has 6 unspecified atom stereocenters. The number of aryl methyl sites for hydroxylation is 1. The zero-order valence-corrected chi connectivity index (χ0v) is 30.0. The first-order chi connectivity index (χ1) is 23.2. The molecule has 49 heavy (non-hydrogen) atoms. The first kappa shape index (κ1) is 38.0. The van der Waals surface area contributed by atoms with Crippen LogP contribution < -0.4 is 5.32 Å². The summed E-state index contributed by atoms with van der Waals surface area (Å²) in [5.74, 6) is -2.23. The van der Waals surface area contributed by atoms with Crippen molar-refractivity contribution < 1.29 is 38.2 Å². The Labute approximate surface area is 294 Å². The predicted octanol–water partition coefficient (Wildman–Crippen LogP) is 6.40. The zero-order valence-electron chi connectivity index (χ0n) is 29.2. The monoisotopic (exact) mass is 693 g/mol. The second-order valence-electron chi connectivity index (χ2n) is 14.3. The predicted molar refractivity (Wildman–Crippen MR) is 186 cm³/mol. The highest BCUT2D eigenvalue weighted by Gasteiger charge is 2.48. The maximum Gasteiger partial charge on any atom is 0.347 e. The molecule has 10 heteroatoms. The number of hydrogen-bond donors (Lipinski definition) is 1. The van der Waals surface area contributed by atoms with Gasteiger partial charge in [-0.2, -0.15) is 0 Å². The van der Waals surface area contributed by atoms with E-state index in [9.17, 15) is 24.0 Å². The van der Waals surface area contributed by atoms with E-state index in [1.165, 1.54) is 6.08 Å². The molecule has 2 aliphatic heterocycles. The molecule has 0 bridgehead atoms. The van der Waals surface area contributed by atoms with Crippen LogP contribution in [0.15, 0.2) is 54.6 Å². The number of benzene rings is 2. The highest BCUT2D eigenvalue weighted by Crippen LogP contribution is 2.45. The first-order valence-corrected chi connectivity index (χ1v) is 17.4. The number of rotatable bonds is 9. The van der Waals surface area contributed by atoms with Crippen molar-refractivity contribution in [1.82, 2.24) is 5.32 Å². The van der Waals surface area contributed by atoms with Gasteiger partial charge in [0, 0.05) is 30.2 Å². The Morgan fingerprint density at radius 3 is 2.35 bits per heavy atom. The van der Waals surface area contributed by atoms with Crippen LogP contribution in [0.1, 0.15) is 88.7 Å². The first-order valence-electron chi connectivity index (χ1n) is 17.0. The van der Waals surface area contributed by atoms with E-state index in [0.29, 0.717) is 11.4 Å². The molecule has 0 aliphatic carbocycles. The van der Waals surface area contributed by atoms with Crippen LogP contribution in [0.4, 0.5) is 0 Å². The molecule has 6 atom stereocenters. The molecule has 1 amide bonds. The molecule has 264 valence electrons. The van der Waals surface area contributed by atoms with Gasteiger partial charge >= 0.3 is 11.9 Å². The molecule has 4 rings (SSSR count).